The Morgan fingerprint density at radius 1 is 1.17 bits per heavy atom. The summed E-state index contributed by atoms with van der Waals surface area (Å²) < 4.78 is 2.44. The van der Waals surface area contributed by atoms with Crippen molar-refractivity contribution in [3.8, 4) is 17.5 Å². The molecule has 0 atom stereocenters. The quantitative estimate of drug-likeness (QED) is 0.572. The van der Waals surface area contributed by atoms with E-state index in [9.17, 15) is 9.59 Å². The van der Waals surface area contributed by atoms with Gasteiger partial charge in [-0.2, -0.15) is 5.26 Å². The molecule has 0 spiro atoms. The number of carbonyl (C=O) groups excluding carboxylic acids is 1. The molecule has 0 aliphatic heterocycles. The predicted molar refractivity (Wildman–Crippen MR) is 105 cm³/mol. The third-order valence-electron chi connectivity index (χ3n) is 4.25. The molecule has 0 saturated carbocycles. The Morgan fingerprint density at radius 2 is 1.97 bits per heavy atom. The van der Waals surface area contributed by atoms with E-state index in [2.05, 4.69) is 20.4 Å². The van der Waals surface area contributed by atoms with Gasteiger partial charge in [-0.25, -0.2) is 18.9 Å². The first-order valence-electron chi connectivity index (χ1n) is 8.74. The van der Waals surface area contributed by atoms with Gasteiger partial charge in [-0.3, -0.25) is 9.78 Å². The highest BCUT2D eigenvalue weighted by Crippen LogP contribution is 2.15. The van der Waals surface area contributed by atoms with Gasteiger partial charge in [0.05, 0.1) is 23.0 Å². The second-order valence-corrected chi connectivity index (χ2v) is 6.27. The summed E-state index contributed by atoms with van der Waals surface area (Å²) in [5.74, 6) is 0.0441. The summed E-state index contributed by atoms with van der Waals surface area (Å²) in [6.45, 7) is 1.45. The molecule has 0 aliphatic carbocycles. The molecule has 1 amide bonds. The van der Waals surface area contributed by atoms with Gasteiger partial charge >= 0.3 is 5.69 Å². The monoisotopic (exact) mass is 385 g/mol. The molecule has 29 heavy (non-hydrogen) atoms. The van der Waals surface area contributed by atoms with Gasteiger partial charge in [0.2, 0.25) is 5.91 Å². The summed E-state index contributed by atoms with van der Waals surface area (Å²) in [4.78, 5) is 33.7. The molecule has 3 heterocycles. The minimum Gasteiger partial charge on any atom is -0.324 e. The average Bonchev–Trinajstić information content (AvgIpc) is 3.04. The molecule has 9 heteroatoms. The molecule has 9 nitrogen and oxygen atoms in total. The van der Waals surface area contributed by atoms with Gasteiger partial charge in [0.1, 0.15) is 12.4 Å². The van der Waals surface area contributed by atoms with E-state index >= 15 is 0 Å². The molecule has 0 unspecified atom stereocenters. The molecule has 0 fully saturated rings. The molecular weight excluding hydrogens is 370 g/mol. The summed E-state index contributed by atoms with van der Waals surface area (Å²) in [6, 6.07) is 15.6. The number of aromatic nitrogens is 5. The molecule has 1 N–H and O–H groups in total. The summed E-state index contributed by atoms with van der Waals surface area (Å²) in [6.07, 6.45) is 1.66. The van der Waals surface area contributed by atoms with Crippen LogP contribution in [0.15, 0.2) is 59.5 Å². The van der Waals surface area contributed by atoms with E-state index in [4.69, 9.17) is 5.26 Å². The third-order valence-corrected chi connectivity index (χ3v) is 4.25. The first-order chi connectivity index (χ1) is 14.0. The zero-order valence-corrected chi connectivity index (χ0v) is 15.4. The zero-order chi connectivity index (χ0) is 20.4. The van der Waals surface area contributed by atoms with Crippen LogP contribution >= 0.6 is 0 Å². The van der Waals surface area contributed by atoms with Crippen molar-refractivity contribution < 1.29 is 4.79 Å². The first kappa shape index (κ1) is 18.1. The van der Waals surface area contributed by atoms with Crippen LogP contribution < -0.4 is 11.0 Å². The van der Waals surface area contributed by atoms with Crippen LogP contribution in [0.5, 0.6) is 0 Å². The second-order valence-electron chi connectivity index (χ2n) is 6.27. The highest BCUT2D eigenvalue weighted by atomic mass is 16.2. The fourth-order valence-corrected chi connectivity index (χ4v) is 2.91. The zero-order valence-electron chi connectivity index (χ0n) is 15.4. The number of hydrogen-bond donors (Lipinski definition) is 1. The topological polar surface area (TPSA) is 118 Å². The van der Waals surface area contributed by atoms with E-state index in [1.165, 1.54) is 4.40 Å². The molecule has 0 bridgehead atoms. The molecule has 142 valence electrons. The smallest absolute Gasteiger partial charge is 0.324 e. The van der Waals surface area contributed by atoms with Gasteiger partial charge in [-0.05, 0) is 43.3 Å². The van der Waals surface area contributed by atoms with Crippen molar-refractivity contribution in [1.82, 2.24) is 24.1 Å². The molecular formula is C20H15N7O2. The molecule has 3 aromatic heterocycles. The van der Waals surface area contributed by atoms with Crippen LogP contribution in [0.25, 0.3) is 17.0 Å². The van der Waals surface area contributed by atoms with E-state index in [1.54, 1.807) is 49.5 Å². The molecule has 4 aromatic rings. The lowest BCUT2D eigenvalue weighted by Crippen LogP contribution is -2.28. The lowest BCUT2D eigenvalue weighted by molar-refractivity contribution is -0.117. The average molecular weight is 385 g/mol. The van der Waals surface area contributed by atoms with Crippen LogP contribution in [0.2, 0.25) is 0 Å². The standard InChI is InChI=1S/C20H15N7O2/c1-13-23-17(16-4-2-3-9-22-16)10-18-25-26(20(29)27(13)18)12-19(28)24-15-7-5-14(11-21)6-8-15/h2-10H,12H2,1H3,(H,24,28). The molecule has 1 aromatic carbocycles. The minimum absolute atomic E-state index is 0.251. The molecule has 0 saturated heterocycles. The van der Waals surface area contributed by atoms with Crippen molar-refractivity contribution in [3.05, 3.63) is 76.6 Å². The van der Waals surface area contributed by atoms with Gasteiger partial charge in [0, 0.05) is 18.0 Å². The van der Waals surface area contributed by atoms with Crippen LogP contribution in [0.1, 0.15) is 11.4 Å². The number of rotatable bonds is 4. The molecule has 0 radical (unpaired) electrons. The Bertz CT molecular complexity index is 1300. The van der Waals surface area contributed by atoms with E-state index < -0.39 is 11.6 Å². The van der Waals surface area contributed by atoms with E-state index in [1.807, 2.05) is 18.2 Å². The number of fused-ring (bicyclic) bond motifs is 1. The van der Waals surface area contributed by atoms with Crippen molar-refractivity contribution >= 4 is 17.2 Å². The minimum atomic E-state index is -0.451. The van der Waals surface area contributed by atoms with Gasteiger partial charge in [-0.1, -0.05) is 6.07 Å². The number of pyridine rings is 1. The van der Waals surface area contributed by atoms with Crippen molar-refractivity contribution in [1.29, 1.82) is 5.26 Å². The highest BCUT2D eigenvalue weighted by molar-refractivity contribution is 5.90. The van der Waals surface area contributed by atoms with Gasteiger partial charge in [-0.15, -0.1) is 5.10 Å². The van der Waals surface area contributed by atoms with Crippen LogP contribution in [0.4, 0.5) is 5.69 Å². The third kappa shape index (κ3) is 3.59. The maximum absolute atomic E-state index is 12.7. The van der Waals surface area contributed by atoms with Crippen LogP contribution in [0, 0.1) is 18.3 Å². The predicted octanol–water partition coefficient (Wildman–Crippen LogP) is 1.77. The maximum Gasteiger partial charge on any atom is 0.352 e. The van der Waals surface area contributed by atoms with Crippen molar-refractivity contribution in [2.45, 2.75) is 13.5 Å². The van der Waals surface area contributed by atoms with Crippen LogP contribution in [0.3, 0.4) is 0 Å². The normalized spacial score (nSPS) is 10.6. The number of nitriles is 1. The van der Waals surface area contributed by atoms with Crippen molar-refractivity contribution in [2.75, 3.05) is 5.32 Å². The Morgan fingerprint density at radius 3 is 2.66 bits per heavy atom. The number of aryl methyl sites for hydroxylation is 1. The first-order valence-corrected chi connectivity index (χ1v) is 8.74. The Labute approximate surface area is 164 Å². The fourth-order valence-electron chi connectivity index (χ4n) is 2.91. The lowest BCUT2D eigenvalue weighted by atomic mass is 10.2. The number of hydrogen-bond acceptors (Lipinski definition) is 6. The Kier molecular flexibility index (Phi) is 4.58. The van der Waals surface area contributed by atoms with E-state index in [-0.39, 0.29) is 6.54 Å². The molecule has 0 aliphatic rings. The maximum atomic E-state index is 12.7. The van der Waals surface area contributed by atoms with Crippen LogP contribution in [-0.4, -0.2) is 30.1 Å². The SMILES string of the molecule is Cc1nc(-c2ccccn2)cc2nn(CC(=O)Nc3ccc(C#N)cc3)c(=O)n12. The van der Waals surface area contributed by atoms with Crippen LogP contribution in [-0.2, 0) is 11.3 Å². The fraction of sp³-hybridized carbons (Fsp3) is 0.100. The summed E-state index contributed by atoms with van der Waals surface area (Å²) in [5.41, 5.74) is 2.21. The second kappa shape index (κ2) is 7.36. The Hall–Kier alpha value is -4.32. The summed E-state index contributed by atoms with van der Waals surface area (Å²) in [5, 5.41) is 15.8. The van der Waals surface area contributed by atoms with Crippen molar-refractivity contribution in [3.63, 3.8) is 0 Å². The number of carbonyl (C=O) groups is 1. The number of benzene rings is 1. The largest absolute Gasteiger partial charge is 0.352 e. The number of amides is 1. The molecule has 4 rings (SSSR count). The van der Waals surface area contributed by atoms with Crippen molar-refractivity contribution in [2.24, 2.45) is 0 Å². The van der Waals surface area contributed by atoms with Gasteiger partial charge in [0.25, 0.3) is 0 Å². The lowest BCUT2D eigenvalue weighted by Gasteiger charge is -2.04. The number of nitrogens with zero attached hydrogens (tertiary/aromatic N) is 6. The number of anilines is 1. The number of nitrogens with one attached hydrogen (secondary N) is 1. The summed E-state index contributed by atoms with van der Waals surface area (Å²) in [7, 11) is 0. The van der Waals surface area contributed by atoms with Gasteiger partial charge in [0.15, 0.2) is 5.65 Å². The summed E-state index contributed by atoms with van der Waals surface area (Å²) >= 11 is 0. The van der Waals surface area contributed by atoms with Gasteiger partial charge < -0.3 is 5.32 Å². The highest BCUT2D eigenvalue weighted by Gasteiger charge is 2.15. The van der Waals surface area contributed by atoms with E-state index in [0.717, 1.165) is 4.68 Å². The van der Waals surface area contributed by atoms with E-state index in [0.29, 0.717) is 34.1 Å². The Balaban J connectivity index is 1.61.